The van der Waals surface area contributed by atoms with Crippen molar-refractivity contribution in [1.82, 2.24) is 14.7 Å². The van der Waals surface area contributed by atoms with Gasteiger partial charge in [-0.05, 0) is 42.5 Å². The predicted octanol–water partition coefficient (Wildman–Crippen LogP) is 3.89. The number of nitrogens with zero attached hydrogens (tertiary/aromatic N) is 2. The number of hydrogen-bond donors (Lipinski definition) is 2. The molecule has 1 aromatic heterocycles. The van der Waals surface area contributed by atoms with Crippen LogP contribution in [0.25, 0.3) is 10.9 Å². The Kier molecular flexibility index (Phi) is 6.16. The number of nitrogens with one attached hydrogen (secondary N) is 2. The SMILES string of the molecule is CCc1nc(NCCNS(=O)(=O)c2ccc(Cl)cc2)c2ccc(Cl)cc2n1. The molecule has 0 aliphatic rings. The van der Waals surface area contributed by atoms with Gasteiger partial charge in [-0.25, -0.2) is 23.1 Å². The third kappa shape index (κ3) is 4.87. The highest BCUT2D eigenvalue weighted by Crippen LogP contribution is 2.23. The van der Waals surface area contributed by atoms with Gasteiger partial charge in [0.25, 0.3) is 0 Å². The van der Waals surface area contributed by atoms with E-state index in [1.165, 1.54) is 12.1 Å². The molecule has 6 nitrogen and oxygen atoms in total. The number of hydrogen-bond acceptors (Lipinski definition) is 5. The maximum absolute atomic E-state index is 12.3. The summed E-state index contributed by atoms with van der Waals surface area (Å²) in [5.41, 5.74) is 0.749. The highest BCUT2D eigenvalue weighted by molar-refractivity contribution is 7.89. The van der Waals surface area contributed by atoms with Gasteiger partial charge in [-0.1, -0.05) is 30.1 Å². The topological polar surface area (TPSA) is 84.0 Å². The Morgan fingerprint density at radius 1 is 0.963 bits per heavy atom. The van der Waals surface area contributed by atoms with E-state index in [4.69, 9.17) is 23.2 Å². The van der Waals surface area contributed by atoms with Crippen LogP contribution in [0.4, 0.5) is 5.82 Å². The summed E-state index contributed by atoms with van der Waals surface area (Å²) < 4.78 is 27.1. The third-order valence-corrected chi connectivity index (χ3v) is 5.82. The van der Waals surface area contributed by atoms with Crippen molar-refractivity contribution >= 4 is 49.9 Å². The van der Waals surface area contributed by atoms with Crippen LogP contribution >= 0.6 is 23.2 Å². The lowest BCUT2D eigenvalue weighted by molar-refractivity contribution is 0.583. The van der Waals surface area contributed by atoms with E-state index in [9.17, 15) is 8.42 Å². The molecule has 0 aliphatic carbocycles. The standard InChI is InChI=1S/C18H18Cl2N4O2S/c1-2-17-23-16-11-13(20)5-8-15(16)18(24-17)21-9-10-22-27(25,26)14-6-3-12(19)4-7-14/h3-8,11,22H,2,9-10H2,1H3,(H,21,23,24). The summed E-state index contributed by atoms with van der Waals surface area (Å²) >= 11 is 11.8. The van der Waals surface area contributed by atoms with Crippen LogP contribution in [0.5, 0.6) is 0 Å². The Hall–Kier alpha value is -1.93. The predicted molar refractivity (Wildman–Crippen MR) is 109 cm³/mol. The average Bonchev–Trinajstić information content (AvgIpc) is 2.64. The van der Waals surface area contributed by atoms with Crippen molar-refractivity contribution in [2.24, 2.45) is 0 Å². The zero-order chi connectivity index (χ0) is 19.4. The first-order valence-electron chi connectivity index (χ1n) is 8.34. The fraction of sp³-hybridized carbons (Fsp3) is 0.222. The zero-order valence-electron chi connectivity index (χ0n) is 14.5. The van der Waals surface area contributed by atoms with Gasteiger partial charge in [-0.3, -0.25) is 0 Å². The molecule has 0 radical (unpaired) electrons. The van der Waals surface area contributed by atoms with Crippen molar-refractivity contribution in [1.29, 1.82) is 0 Å². The van der Waals surface area contributed by atoms with Crippen LogP contribution in [0.2, 0.25) is 10.0 Å². The lowest BCUT2D eigenvalue weighted by atomic mass is 10.2. The van der Waals surface area contributed by atoms with E-state index in [0.29, 0.717) is 34.7 Å². The van der Waals surface area contributed by atoms with Gasteiger partial charge in [0, 0.05) is 34.9 Å². The molecule has 1 heterocycles. The quantitative estimate of drug-likeness (QED) is 0.561. The summed E-state index contributed by atoms with van der Waals surface area (Å²) in [4.78, 5) is 9.13. The van der Waals surface area contributed by atoms with Crippen molar-refractivity contribution in [2.45, 2.75) is 18.2 Å². The van der Waals surface area contributed by atoms with E-state index in [-0.39, 0.29) is 11.4 Å². The van der Waals surface area contributed by atoms with E-state index in [1.807, 2.05) is 13.0 Å². The van der Waals surface area contributed by atoms with E-state index >= 15 is 0 Å². The Balaban J connectivity index is 1.69. The highest BCUT2D eigenvalue weighted by Gasteiger charge is 2.13. The second-order valence-corrected chi connectivity index (χ2v) is 8.42. The maximum Gasteiger partial charge on any atom is 0.240 e. The first-order chi connectivity index (χ1) is 12.9. The van der Waals surface area contributed by atoms with Crippen LogP contribution in [-0.4, -0.2) is 31.5 Å². The Morgan fingerprint density at radius 2 is 1.67 bits per heavy atom. The fourth-order valence-electron chi connectivity index (χ4n) is 2.51. The number of anilines is 1. The summed E-state index contributed by atoms with van der Waals surface area (Å²) in [6.07, 6.45) is 0.681. The second kappa shape index (κ2) is 8.39. The zero-order valence-corrected chi connectivity index (χ0v) is 16.9. The van der Waals surface area contributed by atoms with Gasteiger partial charge < -0.3 is 5.32 Å². The molecule has 9 heteroatoms. The summed E-state index contributed by atoms with van der Waals surface area (Å²) in [5.74, 6) is 1.34. The molecule has 0 bridgehead atoms. The number of rotatable bonds is 7. The monoisotopic (exact) mass is 424 g/mol. The molecule has 2 N–H and O–H groups in total. The number of fused-ring (bicyclic) bond motifs is 1. The summed E-state index contributed by atoms with van der Waals surface area (Å²) in [5, 5.41) is 5.09. The minimum absolute atomic E-state index is 0.169. The summed E-state index contributed by atoms with van der Waals surface area (Å²) in [6, 6.07) is 11.4. The van der Waals surface area contributed by atoms with Crippen molar-refractivity contribution in [2.75, 3.05) is 18.4 Å². The number of halogens is 2. The molecule has 0 atom stereocenters. The molecule has 3 rings (SSSR count). The summed E-state index contributed by atoms with van der Waals surface area (Å²) in [7, 11) is -3.59. The van der Waals surface area contributed by atoms with Crippen LogP contribution in [0.3, 0.4) is 0 Å². The molecule has 0 fully saturated rings. The van der Waals surface area contributed by atoms with Gasteiger partial charge in [0.1, 0.15) is 11.6 Å². The number of benzene rings is 2. The largest absolute Gasteiger partial charge is 0.368 e. The van der Waals surface area contributed by atoms with Crippen LogP contribution < -0.4 is 10.0 Å². The molecule has 3 aromatic rings. The van der Waals surface area contributed by atoms with Gasteiger partial charge in [-0.2, -0.15) is 0 Å². The fourth-order valence-corrected chi connectivity index (χ4v) is 3.83. The minimum Gasteiger partial charge on any atom is -0.368 e. The van der Waals surface area contributed by atoms with Crippen LogP contribution in [0.15, 0.2) is 47.4 Å². The number of aromatic nitrogens is 2. The molecule has 0 saturated carbocycles. The lowest BCUT2D eigenvalue weighted by Gasteiger charge is -2.11. The molecule has 0 unspecified atom stereocenters. The molecule has 2 aromatic carbocycles. The average molecular weight is 425 g/mol. The molecule has 0 saturated heterocycles. The van der Waals surface area contributed by atoms with Gasteiger partial charge in [0.05, 0.1) is 10.4 Å². The Morgan fingerprint density at radius 3 is 2.37 bits per heavy atom. The van der Waals surface area contributed by atoms with Crippen molar-refractivity contribution in [3.05, 3.63) is 58.3 Å². The van der Waals surface area contributed by atoms with Crippen LogP contribution in [0, 0.1) is 0 Å². The van der Waals surface area contributed by atoms with Gasteiger partial charge in [0.15, 0.2) is 0 Å². The molecule has 0 spiro atoms. The van der Waals surface area contributed by atoms with Crippen LogP contribution in [0.1, 0.15) is 12.7 Å². The van der Waals surface area contributed by atoms with Crippen molar-refractivity contribution in [3.63, 3.8) is 0 Å². The number of aryl methyl sites for hydroxylation is 1. The van der Waals surface area contributed by atoms with E-state index in [1.54, 1.807) is 24.3 Å². The minimum atomic E-state index is -3.59. The maximum atomic E-state index is 12.3. The van der Waals surface area contributed by atoms with E-state index in [2.05, 4.69) is 20.0 Å². The van der Waals surface area contributed by atoms with Gasteiger partial charge in [-0.15, -0.1) is 0 Å². The summed E-state index contributed by atoms with van der Waals surface area (Å²) in [6.45, 7) is 2.53. The Labute approximate surface area is 168 Å². The molecule has 0 aliphatic heterocycles. The highest BCUT2D eigenvalue weighted by atomic mass is 35.5. The molecular weight excluding hydrogens is 407 g/mol. The second-order valence-electron chi connectivity index (χ2n) is 5.78. The van der Waals surface area contributed by atoms with E-state index < -0.39 is 10.0 Å². The molecule has 27 heavy (non-hydrogen) atoms. The smallest absolute Gasteiger partial charge is 0.240 e. The van der Waals surface area contributed by atoms with Crippen molar-refractivity contribution < 1.29 is 8.42 Å². The van der Waals surface area contributed by atoms with Gasteiger partial charge in [0.2, 0.25) is 10.0 Å². The van der Waals surface area contributed by atoms with Gasteiger partial charge >= 0.3 is 0 Å². The normalized spacial score (nSPS) is 11.7. The number of sulfonamides is 1. The molecule has 142 valence electrons. The third-order valence-electron chi connectivity index (χ3n) is 3.85. The lowest BCUT2D eigenvalue weighted by Crippen LogP contribution is -2.29. The Bertz CT molecular complexity index is 1060. The van der Waals surface area contributed by atoms with Crippen molar-refractivity contribution in [3.8, 4) is 0 Å². The molecular formula is C18H18Cl2N4O2S. The molecule has 0 amide bonds. The van der Waals surface area contributed by atoms with E-state index in [0.717, 1.165) is 10.9 Å². The first kappa shape index (κ1) is 19.8. The first-order valence-corrected chi connectivity index (χ1v) is 10.6. The van der Waals surface area contributed by atoms with Crippen LogP contribution in [-0.2, 0) is 16.4 Å².